The lowest BCUT2D eigenvalue weighted by Gasteiger charge is -2.23. The van der Waals surface area contributed by atoms with Gasteiger partial charge in [-0.25, -0.2) is 0 Å². The molecule has 0 bridgehead atoms. The van der Waals surface area contributed by atoms with Gasteiger partial charge >= 0.3 is 0 Å². The molecule has 0 saturated heterocycles. The molecule has 2 amide bonds. The molecule has 0 N–H and O–H groups in total. The van der Waals surface area contributed by atoms with E-state index in [2.05, 4.69) is 0 Å². The van der Waals surface area contributed by atoms with E-state index >= 15 is 0 Å². The number of hydrogen-bond donors (Lipinski definition) is 0. The van der Waals surface area contributed by atoms with E-state index < -0.39 is 0 Å². The summed E-state index contributed by atoms with van der Waals surface area (Å²) in [5, 5.41) is 1.11. The summed E-state index contributed by atoms with van der Waals surface area (Å²) < 4.78 is 1.10. The fraction of sp³-hybridized carbons (Fsp3) is 0.412. The molecule has 4 nitrogen and oxygen atoms in total. The van der Waals surface area contributed by atoms with E-state index in [-0.39, 0.29) is 18.4 Å². The van der Waals surface area contributed by atoms with Gasteiger partial charge in [-0.3, -0.25) is 9.59 Å². The number of fused-ring (bicyclic) bond motifs is 1. The zero-order chi connectivity index (χ0) is 16.3. The molecular formula is C17H22N2O2S. The van der Waals surface area contributed by atoms with Crippen molar-refractivity contribution in [2.45, 2.75) is 20.8 Å². The van der Waals surface area contributed by atoms with Crippen LogP contribution in [0.1, 0.15) is 29.1 Å². The SMILES string of the molecule is CCN(CC)C(=O)CN(C)C(=O)c1sc2ccccc2c1C. The molecule has 2 rings (SSSR count). The van der Waals surface area contributed by atoms with Crippen molar-refractivity contribution < 1.29 is 9.59 Å². The number of carbonyl (C=O) groups is 2. The molecule has 0 aliphatic heterocycles. The van der Waals surface area contributed by atoms with Crippen LogP contribution in [0.3, 0.4) is 0 Å². The number of thiophene rings is 1. The van der Waals surface area contributed by atoms with Crippen molar-refractivity contribution in [2.24, 2.45) is 0 Å². The van der Waals surface area contributed by atoms with E-state index in [0.717, 1.165) is 20.5 Å². The second-order valence-corrected chi connectivity index (χ2v) is 6.33. The second-order valence-electron chi connectivity index (χ2n) is 5.28. The Bertz CT molecular complexity index is 689. The van der Waals surface area contributed by atoms with Crippen LogP contribution in [0.4, 0.5) is 0 Å². The Balaban J connectivity index is 2.19. The van der Waals surface area contributed by atoms with Gasteiger partial charge in [-0.1, -0.05) is 18.2 Å². The highest BCUT2D eigenvalue weighted by molar-refractivity contribution is 7.21. The first kappa shape index (κ1) is 16.5. The summed E-state index contributed by atoms with van der Waals surface area (Å²) >= 11 is 1.49. The van der Waals surface area contributed by atoms with E-state index in [1.807, 2.05) is 45.0 Å². The van der Waals surface area contributed by atoms with Crippen molar-refractivity contribution in [2.75, 3.05) is 26.7 Å². The van der Waals surface area contributed by atoms with E-state index in [0.29, 0.717) is 13.1 Å². The molecule has 2 aromatic rings. The number of hydrogen-bond acceptors (Lipinski definition) is 3. The van der Waals surface area contributed by atoms with Gasteiger partial charge in [-0.2, -0.15) is 0 Å². The number of aryl methyl sites for hydroxylation is 1. The van der Waals surface area contributed by atoms with Crippen LogP contribution in [0, 0.1) is 6.92 Å². The number of nitrogens with zero attached hydrogens (tertiary/aromatic N) is 2. The van der Waals surface area contributed by atoms with Gasteiger partial charge in [0.1, 0.15) is 0 Å². The van der Waals surface area contributed by atoms with Crippen LogP contribution >= 0.6 is 11.3 Å². The largest absolute Gasteiger partial charge is 0.342 e. The van der Waals surface area contributed by atoms with Gasteiger partial charge < -0.3 is 9.80 Å². The van der Waals surface area contributed by atoms with Crippen LogP contribution in [0.2, 0.25) is 0 Å². The molecule has 0 aliphatic carbocycles. The van der Waals surface area contributed by atoms with E-state index in [9.17, 15) is 9.59 Å². The van der Waals surface area contributed by atoms with Gasteiger partial charge in [0, 0.05) is 24.8 Å². The standard InChI is InChI=1S/C17H22N2O2S/c1-5-19(6-2)15(20)11-18(4)17(21)16-12(3)13-9-7-8-10-14(13)22-16/h7-10H,5-6,11H2,1-4H3. The molecule has 22 heavy (non-hydrogen) atoms. The monoisotopic (exact) mass is 318 g/mol. The highest BCUT2D eigenvalue weighted by Gasteiger charge is 2.21. The first-order valence-corrected chi connectivity index (χ1v) is 8.32. The Morgan fingerprint density at radius 3 is 2.36 bits per heavy atom. The molecule has 0 fully saturated rings. The maximum absolute atomic E-state index is 12.6. The summed E-state index contributed by atoms with van der Waals surface area (Å²) in [6.45, 7) is 7.30. The van der Waals surface area contributed by atoms with E-state index in [4.69, 9.17) is 0 Å². The minimum absolute atomic E-state index is 0.0142. The quantitative estimate of drug-likeness (QED) is 0.850. The average Bonchev–Trinajstić information content (AvgIpc) is 2.85. The zero-order valence-corrected chi connectivity index (χ0v) is 14.4. The summed E-state index contributed by atoms with van der Waals surface area (Å²) in [5.74, 6) is -0.0983. The van der Waals surface area contributed by atoms with Gasteiger partial charge in [-0.15, -0.1) is 11.3 Å². The predicted octanol–water partition coefficient (Wildman–Crippen LogP) is 3.15. The highest BCUT2D eigenvalue weighted by atomic mass is 32.1. The molecule has 0 saturated carbocycles. The van der Waals surface area contributed by atoms with Crippen molar-refractivity contribution in [3.05, 3.63) is 34.7 Å². The fourth-order valence-electron chi connectivity index (χ4n) is 2.50. The maximum Gasteiger partial charge on any atom is 0.264 e. The van der Waals surface area contributed by atoms with Gasteiger partial charge in [-0.05, 0) is 37.8 Å². The Morgan fingerprint density at radius 1 is 1.14 bits per heavy atom. The van der Waals surface area contributed by atoms with Crippen LogP contribution in [0.15, 0.2) is 24.3 Å². The highest BCUT2D eigenvalue weighted by Crippen LogP contribution is 2.31. The number of carbonyl (C=O) groups excluding carboxylic acids is 2. The smallest absolute Gasteiger partial charge is 0.264 e. The fourth-order valence-corrected chi connectivity index (χ4v) is 3.71. The summed E-state index contributed by atoms with van der Waals surface area (Å²) in [5.41, 5.74) is 0.993. The molecule has 0 spiro atoms. The van der Waals surface area contributed by atoms with E-state index in [1.165, 1.54) is 16.2 Å². The zero-order valence-electron chi connectivity index (χ0n) is 13.5. The first-order chi connectivity index (χ1) is 10.5. The molecule has 118 valence electrons. The third kappa shape index (κ3) is 3.14. The minimum atomic E-state index is -0.0841. The third-order valence-electron chi connectivity index (χ3n) is 3.87. The molecule has 0 unspecified atom stereocenters. The summed E-state index contributed by atoms with van der Waals surface area (Å²) in [4.78, 5) is 28.7. The Morgan fingerprint density at radius 2 is 1.77 bits per heavy atom. The molecule has 1 heterocycles. The lowest BCUT2D eigenvalue weighted by Crippen LogP contribution is -2.40. The summed E-state index contributed by atoms with van der Waals surface area (Å²) in [6, 6.07) is 7.99. The Labute approximate surface area is 135 Å². The van der Waals surface area contributed by atoms with Crippen LogP contribution in [0.5, 0.6) is 0 Å². The lowest BCUT2D eigenvalue weighted by atomic mass is 10.1. The van der Waals surface area contributed by atoms with Crippen molar-refractivity contribution in [1.29, 1.82) is 0 Å². The topological polar surface area (TPSA) is 40.6 Å². The van der Waals surface area contributed by atoms with Crippen LogP contribution in [-0.4, -0.2) is 48.3 Å². The molecule has 0 radical (unpaired) electrons. The third-order valence-corrected chi connectivity index (χ3v) is 5.13. The summed E-state index contributed by atoms with van der Waals surface area (Å²) in [7, 11) is 1.69. The normalized spacial score (nSPS) is 10.7. The van der Waals surface area contributed by atoms with Crippen molar-refractivity contribution in [3.8, 4) is 0 Å². The number of amides is 2. The minimum Gasteiger partial charge on any atom is -0.342 e. The Kier molecular flexibility index (Phi) is 5.19. The number of likely N-dealkylation sites (N-methyl/N-ethyl adjacent to an activating group) is 2. The van der Waals surface area contributed by atoms with Gasteiger partial charge in [0.2, 0.25) is 5.91 Å². The second kappa shape index (κ2) is 6.92. The molecule has 1 aromatic carbocycles. The Hall–Kier alpha value is -1.88. The van der Waals surface area contributed by atoms with Gasteiger partial charge in [0.25, 0.3) is 5.91 Å². The van der Waals surface area contributed by atoms with Crippen LogP contribution in [-0.2, 0) is 4.79 Å². The number of benzene rings is 1. The molecular weight excluding hydrogens is 296 g/mol. The predicted molar refractivity (Wildman–Crippen MR) is 91.5 cm³/mol. The van der Waals surface area contributed by atoms with Crippen LogP contribution in [0.25, 0.3) is 10.1 Å². The maximum atomic E-state index is 12.6. The van der Waals surface area contributed by atoms with Crippen LogP contribution < -0.4 is 0 Å². The molecule has 0 aliphatic rings. The lowest BCUT2D eigenvalue weighted by molar-refractivity contribution is -0.131. The molecule has 5 heteroatoms. The van der Waals surface area contributed by atoms with Gasteiger partial charge in [0.15, 0.2) is 0 Å². The average molecular weight is 318 g/mol. The van der Waals surface area contributed by atoms with Crippen molar-refractivity contribution >= 4 is 33.2 Å². The van der Waals surface area contributed by atoms with Crippen molar-refractivity contribution in [1.82, 2.24) is 9.80 Å². The van der Waals surface area contributed by atoms with E-state index in [1.54, 1.807) is 11.9 Å². The molecule has 0 atom stereocenters. The summed E-state index contributed by atoms with van der Waals surface area (Å²) in [6.07, 6.45) is 0. The number of rotatable bonds is 5. The van der Waals surface area contributed by atoms with Crippen molar-refractivity contribution in [3.63, 3.8) is 0 Å². The molecule has 1 aromatic heterocycles. The first-order valence-electron chi connectivity index (χ1n) is 7.50. The van der Waals surface area contributed by atoms with Gasteiger partial charge in [0.05, 0.1) is 11.4 Å².